The lowest BCUT2D eigenvalue weighted by Gasteiger charge is -2.09. The van der Waals surface area contributed by atoms with Gasteiger partial charge in [-0.15, -0.1) is 0 Å². The first kappa shape index (κ1) is 10.2. The molecule has 0 fully saturated rings. The minimum atomic E-state index is 0.0387. The van der Waals surface area contributed by atoms with E-state index in [-0.39, 0.29) is 6.04 Å². The van der Waals surface area contributed by atoms with Crippen LogP contribution in [0.3, 0.4) is 0 Å². The van der Waals surface area contributed by atoms with Gasteiger partial charge in [0.1, 0.15) is 0 Å². The molecular formula is C11H18N2. The Morgan fingerprint density at radius 1 is 1.31 bits per heavy atom. The molecular weight excluding hydrogens is 160 g/mol. The molecule has 0 aromatic carbocycles. The van der Waals surface area contributed by atoms with Gasteiger partial charge in [0.2, 0.25) is 0 Å². The van der Waals surface area contributed by atoms with Crippen LogP contribution < -0.4 is 5.73 Å². The highest BCUT2D eigenvalue weighted by atomic mass is 14.8. The Morgan fingerprint density at radius 3 is 2.46 bits per heavy atom. The first-order valence-corrected chi connectivity index (χ1v) is 4.92. The van der Waals surface area contributed by atoms with Crippen LogP contribution in [0.4, 0.5) is 0 Å². The summed E-state index contributed by atoms with van der Waals surface area (Å²) in [5.41, 5.74) is 9.29. The molecule has 0 amide bonds. The number of nitrogens with zero attached hydrogens (tertiary/aromatic N) is 1. The first-order chi connectivity index (χ1) is 6.17. The first-order valence-electron chi connectivity index (χ1n) is 4.92. The minimum Gasteiger partial charge on any atom is -0.323 e. The summed E-state index contributed by atoms with van der Waals surface area (Å²) in [7, 11) is 0. The fraction of sp³-hybridized carbons (Fsp3) is 0.545. The van der Waals surface area contributed by atoms with Crippen LogP contribution in [0, 0.1) is 0 Å². The molecule has 2 heteroatoms. The van der Waals surface area contributed by atoms with Gasteiger partial charge in [0, 0.05) is 11.7 Å². The van der Waals surface area contributed by atoms with Gasteiger partial charge in [0.25, 0.3) is 0 Å². The van der Waals surface area contributed by atoms with E-state index in [2.05, 4.69) is 31.0 Å². The molecule has 1 aromatic heterocycles. The van der Waals surface area contributed by atoms with Crippen LogP contribution in [-0.2, 0) is 12.8 Å². The van der Waals surface area contributed by atoms with Gasteiger partial charge in [-0.2, -0.15) is 0 Å². The number of hydrogen-bond acceptors (Lipinski definition) is 2. The van der Waals surface area contributed by atoms with Crippen LogP contribution in [0.15, 0.2) is 12.1 Å². The van der Waals surface area contributed by atoms with Crippen molar-refractivity contribution in [2.24, 2.45) is 5.73 Å². The summed E-state index contributed by atoms with van der Waals surface area (Å²) in [4.78, 5) is 4.47. The Labute approximate surface area is 80.2 Å². The highest BCUT2D eigenvalue weighted by Crippen LogP contribution is 2.12. The lowest BCUT2D eigenvalue weighted by atomic mass is 10.1. The van der Waals surface area contributed by atoms with Crippen molar-refractivity contribution in [3.05, 3.63) is 29.1 Å². The summed E-state index contributed by atoms with van der Waals surface area (Å²) in [6, 6.07) is 4.30. The number of nitrogens with two attached hydrogens (primary N) is 1. The number of rotatable bonds is 3. The zero-order valence-electron chi connectivity index (χ0n) is 8.67. The maximum absolute atomic E-state index is 5.80. The predicted octanol–water partition coefficient (Wildman–Crippen LogP) is 2.23. The van der Waals surface area contributed by atoms with Crippen LogP contribution >= 0.6 is 0 Å². The SMILES string of the molecule is CCc1cc(CC)nc(C(C)N)c1. The van der Waals surface area contributed by atoms with Gasteiger partial charge in [-0.1, -0.05) is 13.8 Å². The van der Waals surface area contributed by atoms with Crippen molar-refractivity contribution in [2.45, 2.75) is 39.7 Å². The average molecular weight is 178 g/mol. The van der Waals surface area contributed by atoms with Crippen molar-refractivity contribution < 1.29 is 0 Å². The van der Waals surface area contributed by atoms with E-state index < -0.39 is 0 Å². The third kappa shape index (κ3) is 2.52. The zero-order valence-corrected chi connectivity index (χ0v) is 8.67. The molecule has 1 aromatic rings. The second kappa shape index (κ2) is 4.38. The van der Waals surface area contributed by atoms with E-state index >= 15 is 0 Å². The predicted molar refractivity (Wildman–Crippen MR) is 55.6 cm³/mol. The maximum atomic E-state index is 5.80. The summed E-state index contributed by atoms with van der Waals surface area (Å²) in [6.45, 7) is 6.24. The largest absolute Gasteiger partial charge is 0.323 e. The molecule has 1 heterocycles. The van der Waals surface area contributed by atoms with Crippen LogP contribution in [-0.4, -0.2) is 4.98 Å². The van der Waals surface area contributed by atoms with Crippen molar-refractivity contribution in [3.63, 3.8) is 0 Å². The molecule has 1 unspecified atom stereocenters. The second-order valence-corrected chi connectivity index (χ2v) is 3.39. The Balaban J connectivity index is 3.07. The second-order valence-electron chi connectivity index (χ2n) is 3.39. The summed E-state index contributed by atoms with van der Waals surface area (Å²) >= 11 is 0. The highest BCUT2D eigenvalue weighted by molar-refractivity contribution is 5.23. The van der Waals surface area contributed by atoms with E-state index in [9.17, 15) is 0 Å². The third-order valence-electron chi connectivity index (χ3n) is 2.20. The molecule has 1 rings (SSSR count). The van der Waals surface area contributed by atoms with Gasteiger partial charge in [0.05, 0.1) is 5.69 Å². The minimum absolute atomic E-state index is 0.0387. The Kier molecular flexibility index (Phi) is 3.43. The fourth-order valence-corrected chi connectivity index (χ4v) is 1.29. The quantitative estimate of drug-likeness (QED) is 0.770. The summed E-state index contributed by atoms with van der Waals surface area (Å²) in [6.07, 6.45) is 2.03. The van der Waals surface area contributed by atoms with Crippen LogP contribution in [0.2, 0.25) is 0 Å². The van der Waals surface area contributed by atoms with Crippen molar-refractivity contribution in [3.8, 4) is 0 Å². The van der Waals surface area contributed by atoms with Crippen LogP contribution in [0.5, 0.6) is 0 Å². The van der Waals surface area contributed by atoms with E-state index in [0.29, 0.717) is 0 Å². The highest BCUT2D eigenvalue weighted by Gasteiger charge is 2.04. The van der Waals surface area contributed by atoms with E-state index in [1.165, 1.54) is 5.56 Å². The van der Waals surface area contributed by atoms with E-state index in [0.717, 1.165) is 24.2 Å². The molecule has 0 aliphatic rings. The Bertz CT molecular complexity index is 257. The van der Waals surface area contributed by atoms with Gasteiger partial charge < -0.3 is 5.73 Å². The Hall–Kier alpha value is -0.890. The summed E-state index contributed by atoms with van der Waals surface area (Å²) < 4.78 is 0. The summed E-state index contributed by atoms with van der Waals surface area (Å²) in [5.74, 6) is 0. The molecule has 0 aliphatic carbocycles. The average Bonchev–Trinajstić information content (AvgIpc) is 2.16. The molecule has 0 radical (unpaired) electrons. The molecule has 0 saturated carbocycles. The molecule has 0 bridgehead atoms. The maximum Gasteiger partial charge on any atom is 0.0574 e. The zero-order chi connectivity index (χ0) is 9.84. The molecule has 72 valence electrons. The van der Waals surface area contributed by atoms with Gasteiger partial charge in [-0.3, -0.25) is 4.98 Å². The number of pyridine rings is 1. The molecule has 13 heavy (non-hydrogen) atoms. The van der Waals surface area contributed by atoms with Crippen LogP contribution in [0.1, 0.15) is 43.8 Å². The topological polar surface area (TPSA) is 38.9 Å². The molecule has 0 saturated heterocycles. The summed E-state index contributed by atoms with van der Waals surface area (Å²) in [5, 5.41) is 0. The standard InChI is InChI=1S/C11H18N2/c1-4-9-6-10(5-2)13-11(7-9)8(3)12/h6-8H,4-5,12H2,1-3H3. The van der Waals surface area contributed by atoms with E-state index in [4.69, 9.17) is 5.73 Å². The smallest absolute Gasteiger partial charge is 0.0574 e. The van der Waals surface area contributed by atoms with Gasteiger partial charge in [-0.25, -0.2) is 0 Å². The van der Waals surface area contributed by atoms with Crippen LogP contribution in [0.25, 0.3) is 0 Å². The van der Waals surface area contributed by atoms with Crippen molar-refractivity contribution in [1.82, 2.24) is 4.98 Å². The monoisotopic (exact) mass is 178 g/mol. The van der Waals surface area contributed by atoms with E-state index in [1.54, 1.807) is 0 Å². The van der Waals surface area contributed by atoms with Crippen molar-refractivity contribution in [1.29, 1.82) is 0 Å². The van der Waals surface area contributed by atoms with Gasteiger partial charge in [0.15, 0.2) is 0 Å². The van der Waals surface area contributed by atoms with Gasteiger partial charge in [-0.05, 0) is 37.5 Å². The molecule has 0 aliphatic heterocycles. The number of aryl methyl sites for hydroxylation is 2. The Morgan fingerprint density at radius 2 is 2.00 bits per heavy atom. The molecule has 2 N–H and O–H groups in total. The third-order valence-corrected chi connectivity index (χ3v) is 2.20. The lowest BCUT2D eigenvalue weighted by Crippen LogP contribution is -2.09. The molecule has 0 spiro atoms. The lowest BCUT2D eigenvalue weighted by molar-refractivity contribution is 0.765. The number of hydrogen-bond donors (Lipinski definition) is 1. The van der Waals surface area contributed by atoms with Gasteiger partial charge >= 0.3 is 0 Å². The fourth-order valence-electron chi connectivity index (χ4n) is 1.29. The van der Waals surface area contributed by atoms with Crippen molar-refractivity contribution in [2.75, 3.05) is 0 Å². The van der Waals surface area contributed by atoms with E-state index in [1.807, 2.05) is 6.92 Å². The van der Waals surface area contributed by atoms with Crippen molar-refractivity contribution >= 4 is 0 Å². The molecule has 2 nitrogen and oxygen atoms in total. The normalized spacial score (nSPS) is 12.9. The number of aromatic nitrogens is 1. The molecule has 1 atom stereocenters.